The Labute approximate surface area is 167 Å². The standard InChI is InChI=1S/C21H23ClF4O2/c1-20(2,15-4-8-17(9-5-15)27-13-3-12-22)16-6-10-18(11-7-16)28-14-21(25,26)19(23)24/h4-11,19H,3,12-14H2,1-2H3. The molecule has 2 nitrogen and oxygen atoms in total. The van der Waals surface area contributed by atoms with Gasteiger partial charge in [0.15, 0.2) is 6.61 Å². The molecule has 0 radical (unpaired) electrons. The molecule has 0 fully saturated rings. The molecule has 0 bridgehead atoms. The predicted molar refractivity (Wildman–Crippen MR) is 102 cm³/mol. The zero-order valence-corrected chi connectivity index (χ0v) is 16.5. The van der Waals surface area contributed by atoms with Crippen LogP contribution in [0.3, 0.4) is 0 Å². The van der Waals surface area contributed by atoms with Gasteiger partial charge in [0.25, 0.3) is 0 Å². The van der Waals surface area contributed by atoms with Gasteiger partial charge in [0.1, 0.15) is 11.5 Å². The Kier molecular flexibility index (Phi) is 7.58. The third-order valence-electron chi connectivity index (χ3n) is 4.45. The van der Waals surface area contributed by atoms with Crippen molar-refractivity contribution in [1.29, 1.82) is 0 Å². The highest BCUT2D eigenvalue weighted by molar-refractivity contribution is 6.17. The summed E-state index contributed by atoms with van der Waals surface area (Å²) in [6, 6.07) is 14.2. The molecule has 0 N–H and O–H groups in total. The van der Waals surface area contributed by atoms with Crippen molar-refractivity contribution in [3.8, 4) is 11.5 Å². The molecule has 0 heterocycles. The average molecular weight is 419 g/mol. The van der Waals surface area contributed by atoms with Crippen molar-refractivity contribution in [2.45, 2.75) is 38.0 Å². The smallest absolute Gasteiger partial charge is 0.340 e. The number of hydrogen-bond donors (Lipinski definition) is 0. The van der Waals surface area contributed by atoms with Crippen molar-refractivity contribution in [3.63, 3.8) is 0 Å². The topological polar surface area (TPSA) is 18.5 Å². The molecule has 7 heteroatoms. The summed E-state index contributed by atoms with van der Waals surface area (Å²) in [5, 5.41) is 0. The van der Waals surface area contributed by atoms with E-state index in [4.69, 9.17) is 21.1 Å². The van der Waals surface area contributed by atoms with Crippen LogP contribution in [0.1, 0.15) is 31.4 Å². The first-order chi connectivity index (χ1) is 13.2. The zero-order chi connectivity index (χ0) is 20.8. The highest BCUT2D eigenvalue weighted by Crippen LogP contribution is 2.33. The van der Waals surface area contributed by atoms with Crippen molar-refractivity contribution in [3.05, 3.63) is 59.7 Å². The molecule has 2 aromatic carbocycles. The highest BCUT2D eigenvalue weighted by atomic mass is 35.5. The van der Waals surface area contributed by atoms with Crippen LogP contribution in [0.2, 0.25) is 0 Å². The Balaban J connectivity index is 2.05. The fraction of sp³-hybridized carbons (Fsp3) is 0.429. The molecular formula is C21H23ClF4O2. The lowest BCUT2D eigenvalue weighted by atomic mass is 9.78. The minimum atomic E-state index is -4.18. The fourth-order valence-corrected chi connectivity index (χ4v) is 2.70. The SMILES string of the molecule is CC(C)(c1ccc(OCCCCl)cc1)c1ccc(OCC(F)(F)C(F)F)cc1. The Hall–Kier alpha value is -1.95. The van der Waals surface area contributed by atoms with Gasteiger partial charge < -0.3 is 9.47 Å². The first kappa shape index (κ1) is 22.3. The van der Waals surface area contributed by atoms with E-state index in [9.17, 15) is 17.6 Å². The van der Waals surface area contributed by atoms with E-state index in [0.717, 1.165) is 23.3 Å². The summed E-state index contributed by atoms with van der Waals surface area (Å²) in [6.07, 6.45) is -2.99. The van der Waals surface area contributed by atoms with Crippen LogP contribution in [0.4, 0.5) is 17.6 Å². The Morgan fingerprint density at radius 1 is 0.857 bits per heavy atom. The van der Waals surface area contributed by atoms with Crippen LogP contribution >= 0.6 is 11.6 Å². The van der Waals surface area contributed by atoms with E-state index >= 15 is 0 Å². The Morgan fingerprint density at radius 2 is 1.32 bits per heavy atom. The molecule has 2 rings (SSSR count). The van der Waals surface area contributed by atoms with Gasteiger partial charge in [-0.1, -0.05) is 38.1 Å². The summed E-state index contributed by atoms with van der Waals surface area (Å²) in [7, 11) is 0. The van der Waals surface area contributed by atoms with Crippen LogP contribution in [-0.2, 0) is 5.41 Å². The van der Waals surface area contributed by atoms with Gasteiger partial charge in [0, 0.05) is 11.3 Å². The summed E-state index contributed by atoms with van der Waals surface area (Å²) in [6.45, 7) is 3.24. The second-order valence-electron chi connectivity index (χ2n) is 6.92. The summed E-state index contributed by atoms with van der Waals surface area (Å²) in [4.78, 5) is 0. The Bertz CT molecular complexity index is 731. The number of benzene rings is 2. The summed E-state index contributed by atoms with van der Waals surface area (Å²) >= 11 is 5.63. The van der Waals surface area contributed by atoms with Crippen molar-refractivity contribution >= 4 is 11.6 Å². The molecule has 28 heavy (non-hydrogen) atoms. The zero-order valence-electron chi connectivity index (χ0n) is 15.7. The fourth-order valence-electron chi connectivity index (χ4n) is 2.59. The van der Waals surface area contributed by atoms with Gasteiger partial charge in [-0.05, 0) is 41.8 Å². The monoisotopic (exact) mass is 418 g/mol. The van der Waals surface area contributed by atoms with E-state index in [0.29, 0.717) is 12.5 Å². The molecule has 0 aliphatic heterocycles. The second-order valence-corrected chi connectivity index (χ2v) is 7.29. The van der Waals surface area contributed by atoms with E-state index in [2.05, 4.69) is 0 Å². The largest absolute Gasteiger partial charge is 0.494 e. The molecule has 0 saturated carbocycles. The Morgan fingerprint density at radius 3 is 1.75 bits per heavy atom. The maximum atomic E-state index is 13.0. The second kappa shape index (κ2) is 9.50. The van der Waals surface area contributed by atoms with Gasteiger partial charge in [-0.2, -0.15) is 8.78 Å². The molecule has 0 aromatic heterocycles. The maximum Gasteiger partial charge on any atom is 0.340 e. The van der Waals surface area contributed by atoms with Crippen molar-refractivity contribution in [2.75, 3.05) is 19.1 Å². The van der Waals surface area contributed by atoms with Crippen molar-refractivity contribution < 1.29 is 27.0 Å². The van der Waals surface area contributed by atoms with E-state index in [-0.39, 0.29) is 11.2 Å². The minimum Gasteiger partial charge on any atom is -0.494 e. The first-order valence-electron chi connectivity index (χ1n) is 8.85. The number of hydrogen-bond acceptors (Lipinski definition) is 2. The minimum absolute atomic E-state index is 0.114. The lowest BCUT2D eigenvalue weighted by Gasteiger charge is -2.26. The number of alkyl halides is 5. The van der Waals surface area contributed by atoms with Gasteiger partial charge in [0.2, 0.25) is 0 Å². The molecule has 0 spiro atoms. The van der Waals surface area contributed by atoms with E-state index in [1.807, 2.05) is 38.1 Å². The number of rotatable bonds is 10. The van der Waals surface area contributed by atoms with E-state index < -0.39 is 19.0 Å². The molecule has 0 unspecified atom stereocenters. The third kappa shape index (κ3) is 5.77. The van der Waals surface area contributed by atoms with E-state index in [1.165, 1.54) is 12.1 Å². The molecule has 154 valence electrons. The van der Waals surface area contributed by atoms with Crippen molar-refractivity contribution in [2.24, 2.45) is 0 Å². The number of ether oxygens (including phenoxy) is 2. The van der Waals surface area contributed by atoms with Crippen LogP contribution in [-0.4, -0.2) is 31.4 Å². The predicted octanol–water partition coefficient (Wildman–Crippen LogP) is 6.30. The molecule has 2 aromatic rings. The van der Waals surface area contributed by atoms with Crippen LogP contribution in [0.25, 0.3) is 0 Å². The molecule has 0 aliphatic carbocycles. The normalized spacial score (nSPS) is 12.3. The maximum absolute atomic E-state index is 13.0. The lowest BCUT2D eigenvalue weighted by Crippen LogP contribution is -2.33. The van der Waals surface area contributed by atoms with Crippen LogP contribution < -0.4 is 9.47 Å². The molecule has 0 amide bonds. The van der Waals surface area contributed by atoms with Gasteiger partial charge in [-0.15, -0.1) is 11.6 Å². The quantitative estimate of drug-likeness (QED) is 0.256. The van der Waals surface area contributed by atoms with Gasteiger partial charge in [-0.3, -0.25) is 0 Å². The molecule has 0 aliphatic rings. The van der Waals surface area contributed by atoms with Crippen LogP contribution in [0.5, 0.6) is 11.5 Å². The van der Waals surface area contributed by atoms with Crippen molar-refractivity contribution in [1.82, 2.24) is 0 Å². The molecule has 0 atom stereocenters. The highest BCUT2D eigenvalue weighted by Gasteiger charge is 2.41. The van der Waals surface area contributed by atoms with Gasteiger partial charge >= 0.3 is 12.3 Å². The van der Waals surface area contributed by atoms with Gasteiger partial charge in [0.05, 0.1) is 6.61 Å². The first-order valence-corrected chi connectivity index (χ1v) is 9.39. The molecule has 0 saturated heterocycles. The molecular weight excluding hydrogens is 396 g/mol. The third-order valence-corrected chi connectivity index (χ3v) is 4.72. The number of halogens is 5. The van der Waals surface area contributed by atoms with Crippen LogP contribution in [0, 0.1) is 0 Å². The van der Waals surface area contributed by atoms with Crippen LogP contribution in [0.15, 0.2) is 48.5 Å². The average Bonchev–Trinajstić information content (AvgIpc) is 2.67. The summed E-state index contributed by atoms with van der Waals surface area (Å²) in [5.74, 6) is -2.76. The van der Waals surface area contributed by atoms with E-state index in [1.54, 1.807) is 12.1 Å². The lowest BCUT2D eigenvalue weighted by molar-refractivity contribution is -0.148. The summed E-state index contributed by atoms with van der Waals surface area (Å²) in [5.41, 5.74) is 1.60. The van der Waals surface area contributed by atoms with Gasteiger partial charge in [-0.25, -0.2) is 8.78 Å². The summed E-state index contributed by atoms with van der Waals surface area (Å²) < 4.78 is 60.7.